The zero-order valence-corrected chi connectivity index (χ0v) is 8.19. The van der Waals surface area contributed by atoms with Gasteiger partial charge < -0.3 is 4.74 Å². The topological polar surface area (TPSA) is 29.3 Å². The molecule has 0 spiro atoms. The molecule has 0 aliphatic heterocycles. The van der Waals surface area contributed by atoms with Crippen LogP contribution in [0.3, 0.4) is 0 Å². The van der Waals surface area contributed by atoms with E-state index in [1.54, 1.807) is 6.08 Å². The molecule has 0 N–H and O–H groups in total. The van der Waals surface area contributed by atoms with Gasteiger partial charge in [-0.1, -0.05) is 12.7 Å². The monoisotopic (exact) mass is 182 g/mol. The fraction of sp³-hybridized carbons (Fsp3) is 0.400. The summed E-state index contributed by atoms with van der Waals surface area (Å²) in [6, 6.07) is 0. The van der Waals surface area contributed by atoms with Crippen LogP contribution in [0.25, 0.3) is 0 Å². The second-order valence-corrected chi connectivity index (χ2v) is 2.46. The summed E-state index contributed by atoms with van der Waals surface area (Å²) in [5.74, 6) is -0.341. The molecule has 3 heteroatoms. The number of hydrogen-bond donors (Lipinski definition) is 0. The molecular weight excluding hydrogens is 166 g/mol. The number of nitrogens with zero attached hydrogens (tertiary/aromatic N) is 1. The molecule has 0 aliphatic carbocycles. The number of carbonyl (C=O) groups excluding carboxylic acids is 1. The summed E-state index contributed by atoms with van der Waals surface area (Å²) in [5, 5.41) is 0. The molecule has 0 rings (SSSR count). The highest BCUT2D eigenvalue weighted by Crippen LogP contribution is 1.80. The van der Waals surface area contributed by atoms with E-state index < -0.39 is 0 Å². The number of esters is 1. The van der Waals surface area contributed by atoms with Gasteiger partial charge in [-0.15, -0.1) is 0 Å². The molecule has 0 atom stereocenters. The number of carbonyl (C=O) groups is 1. The Bertz CT molecular complexity index is 229. The van der Waals surface area contributed by atoms with Crippen molar-refractivity contribution in [3.05, 3.63) is 24.8 Å². The van der Waals surface area contributed by atoms with Gasteiger partial charge in [0.05, 0.1) is 7.11 Å². The summed E-state index contributed by atoms with van der Waals surface area (Å²) >= 11 is 0. The van der Waals surface area contributed by atoms with Crippen LogP contribution >= 0.6 is 0 Å². The Labute approximate surface area is 79.0 Å². The first kappa shape index (κ1) is 11.6. The van der Waals surface area contributed by atoms with Gasteiger partial charge in [0.25, 0.3) is 0 Å². The average Bonchev–Trinajstić information content (AvgIpc) is 2.14. The predicted octanol–water partition coefficient (Wildman–Crippen LogP) is 1.00. The van der Waals surface area contributed by atoms with Crippen molar-refractivity contribution in [3.63, 3.8) is 0 Å². The Morgan fingerprint density at radius 2 is 2.23 bits per heavy atom. The van der Waals surface area contributed by atoms with E-state index in [1.807, 2.05) is 23.7 Å². The molecule has 0 aromatic heterocycles. The lowest BCUT2D eigenvalue weighted by molar-refractivity contribution is -0.502. The Hall–Kier alpha value is -1.38. The van der Waals surface area contributed by atoms with E-state index in [2.05, 4.69) is 11.3 Å². The predicted molar refractivity (Wildman–Crippen MR) is 53.1 cm³/mol. The third kappa shape index (κ3) is 5.84. The Morgan fingerprint density at radius 3 is 2.69 bits per heavy atom. The Kier molecular flexibility index (Phi) is 6.51. The highest BCUT2D eigenvalue weighted by Gasteiger charge is 2.04. The molecule has 0 bridgehead atoms. The Balaban J connectivity index is 4.29. The molecule has 13 heavy (non-hydrogen) atoms. The van der Waals surface area contributed by atoms with E-state index in [-0.39, 0.29) is 5.97 Å². The highest BCUT2D eigenvalue weighted by molar-refractivity contribution is 6.20. The molecule has 0 saturated heterocycles. The molecule has 3 nitrogen and oxygen atoms in total. The van der Waals surface area contributed by atoms with Crippen LogP contribution in [0.4, 0.5) is 0 Å². The first-order chi connectivity index (χ1) is 6.24. The smallest absolute Gasteiger partial charge is 0.394 e. The lowest BCUT2D eigenvalue weighted by Gasteiger charge is -1.95. The van der Waals surface area contributed by atoms with Gasteiger partial charge in [0.15, 0.2) is 13.1 Å². The van der Waals surface area contributed by atoms with Crippen molar-refractivity contribution in [2.24, 2.45) is 0 Å². The minimum atomic E-state index is -0.341. The number of allylic oxidation sites excluding steroid dienone is 1. The summed E-state index contributed by atoms with van der Waals surface area (Å²) in [4.78, 5) is 10.9. The van der Waals surface area contributed by atoms with Gasteiger partial charge >= 0.3 is 5.97 Å². The first-order valence-corrected chi connectivity index (χ1v) is 4.13. The minimum absolute atomic E-state index is 0.341. The molecule has 0 heterocycles. The first-order valence-electron chi connectivity index (χ1n) is 4.13. The fourth-order valence-electron chi connectivity index (χ4n) is 0.788. The second kappa shape index (κ2) is 7.28. The van der Waals surface area contributed by atoms with Gasteiger partial charge in [0, 0.05) is 0 Å². The van der Waals surface area contributed by atoms with Gasteiger partial charge in [-0.25, -0.2) is 9.37 Å². The summed E-state index contributed by atoms with van der Waals surface area (Å²) in [5.41, 5.74) is 0. The van der Waals surface area contributed by atoms with E-state index in [0.29, 0.717) is 13.1 Å². The highest BCUT2D eigenvalue weighted by atomic mass is 16.5. The zero-order valence-electron chi connectivity index (χ0n) is 8.19. The van der Waals surface area contributed by atoms with Crippen LogP contribution in [0.5, 0.6) is 0 Å². The lowest BCUT2D eigenvalue weighted by Crippen LogP contribution is -2.19. The molecule has 0 aromatic rings. The van der Waals surface area contributed by atoms with Gasteiger partial charge in [-0.05, 0) is 19.1 Å². The molecule has 0 amide bonds. The maximum Gasteiger partial charge on any atom is 0.394 e. The quantitative estimate of drug-likeness (QED) is 0.275. The van der Waals surface area contributed by atoms with Crippen molar-refractivity contribution in [3.8, 4) is 0 Å². The van der Waals surface area contributed by atoms with Crippen LogP contribution in [0.2, 0.25) is 0 Å². The summed E-state index contributed by atoms with van der Waals surface area (Å²) < 4.78 is 6.33. The van der Waals surface area contributed by atoms with Crippen LogP contribution in [0.1, 0.15) is 6.92 Å². The largest absolute Gasteiger partial charge is 0.462 e. The van der Waals surface area contributed by atoms with Crippen LogP contribution < -0.4 is 0 Å². The fourth-order valence-corrected chi connectivity index (χ4v) is 0.788. The third-order valence-electron chi connectivity index (χ3n) is 1.43. The second-order valence-electron chi connectivity index (χ2n) is 2.46. The molecule has 0 aliphatic rings. The van der Waals surface area contributed by atoms with Gasteiger partial charge in [-0.2, -0.15) is 0 Å². The minimum Gasteiger partial charge on any atom is -0.462 e. The van der Waals surface area contributed by atoms with Gasteiger partial charge in [-0.3, -0.25) is 0 Å². The van der Waals surface area contributed by atoms with Crippen LogP contribution in [-0.4, -0.2) is 37.0 Å². The Morgan fingerprint density at radius 1 is 1.54 bits per heavy atom. The van der Waals surface area contributed by atoms with Crippen molar-refractivity contribution in [2.75, 3.05) is 20.2 Å². The maximum atomic E-state index is 10.9. The molecule has 0 fully saturated rings. The molecule has 72 valence electrons. The number of hydrogen-bond acceptors (Lipinski definition) is 2. The normalized spacial score (nSPS) is 11.7. The van der Waals surface area contributed by atoms with E-state index in [0.717, 1.165) is 0 Å². The summed E-state index contributed by atoms with van der Waals surface area (Å²) in [6.45, 7) is 6.87. The van der Waals surface area contributed by atoms with Crippen molar-refractivity contribution in [2.45, 2.75) is 6.92 Å². The van der Waals surface area contributed by atoms with Crippen LogP contribution in [0, 0.1) is 0 Å². The third-order valence-corrected chi connectivity index (χ3v) is 1.43. The van der Waals surface area contributed by atoms with E-state index in [4.69, 9.17) is 0 Å². The van der Waals surface area contributed by atoms with E-state index in [9.17, 15) is 4.79 Å². The standard InChI is InChI=1S/C10H16NO2/c1-4-6-8-11(7-5-2)9-10(12)13-3/h4-6,9H,2,7-8H2,1,3H3/q+1. The van der Waals surface area contributed by atoms with Crippen molar-refractivity contribution >= 4 is 12.2 Å². The van der Waals surface area contributed by atoms with Crippen LogP contribution in [-0.2, 0) is 9.53 Å². The maximum absolute atomic E-state index is 10.9. The molecule has 0 saturated carbocycles. The average molecular weight is 182 g/mol. The molecule has 0 aromatic carbocycles. The number of ether oxygens (including phenoxy) is 1. The van der Waals surface area contributed by atoms with E-state index >= 15 is 0 Å². The number of methoxy groups -OCH3 is 1. The van der Waals surface area contributed by atoms with Crippen molar-refractivity contribution < 1.29 is 14.1 Å². The van der Waals surface area contributed by atoms with Crippen LogP contribution in [0.15, 0.2) is 24.8 Å². The van der Waals surface area contributed by atoms with Crippen molar-refractivity contribution in [1.82, 2.24) is 0 Å². The van der Waals surface area contributed by atoms with Gasteiger partial charge in [0.1, 0.15) is 0 Å². The van der Waals surface area contributed by atoms with Crippen molar-refractivity contribution in [1.29, 1.82) is 0 Å². The number of rotatable bonds is 5. The SMILES string of the molecule is C=CC[N+](=CC(=O)OC)CC=CC. The lowest BCUT2D eigenvalue weighted by atomic mass is 10.4. The van der Waals surface area contributed by atoms with Gasteiger partial charge in [0.2, 0.25) is 6.21 Å². The summed E-state index contributed by atoms with van der Waals surface area (Å²) in [6.07, 6.45) is 7.06. The summed E-state index contributed by atoms with van der Waals surface area (Å²) in [7, 11) is 1.36. The molecule has 0 radical (unpaired) electrons. The van der Waals surface area contributed by atoms with E-state index in [1.165, 1.54) is 13.3 Å². The molecule has 0 unspecified atom stereocenters. The molecular formula is C10H16NO2+. The zero-order chi connectivity index (χ0) is 10.1.